The molecule has 0 spiro atoms. The van der Waals surface area contributed by atoms with Crippen molar-refractivity contribution in [1.82, 2.24) is 5.32 Å². The third-order valence-electron chi connectivity index (χ3n) is 6.65. The van der Waals surface area contributed by atoms with Crippen molar-refractivity contribution in [3.05, 3.63) is 87.4 Å². The maximum atomic E-state index is 13.2. The molecule has 3 aromatic rings. The number of benzene rings is 3. The van der Waals surface area contributed by atoms with Gasteiger partial charge in [-0.25, -0.2) is 0 Å². The molecular formula is C29H32ClN3O3. The SMILES string of the molecule is CC(=O)N1CCC(NC(=O)C(N)Cc2c(C)cc(C)cc2C)c2cc(Oc3ccc(Cl)cc3)ccc21. The lowest BCUT2D eigenvalue weighted by Crippen LogP contribution is -2.46. The van der Waals surface area contributed by atoms with Gasteiger partial charge in [0.15, 0.2) is 0 Å². The summed E-state index contributed by atoms with van der Waals surface area (Å²) in [6, 6.07) is 15.9. The topological polar surface area (TPSA) is 84.7 Å². The molecule has 36 heavy (non-hydrogen) atoms. The van der Waals surface area contributed by atoms with E-state index in [1.807, 2.05) is 18.2 Å². The number of hydrogen-bond donors (Lipinski definition) is 2. The molecule has 1 aliphatic rings. The van der Waals surface area contributed by atoms with Crippen molar-refractivity contribution in [1.29, 1.82) is 0 Å². The summed E-state index contributed by atoms with van der Waals surface area (Å²) in [4.78, 5) is 27.2. The van der Waals surface area contributed by atoms with Crippen molar-refractivity contribution in [2.75, 3.05) is 11.4 Å². The molecule has 7 heteroatoms. The van der Waals surface area contributed by atoms with Gasteiger partial charge >= 0.3 is 0 Å². The van der Waals surface area contributed by atoms with Crippen LogP contribution in [0.1, 0.15) is 47.2 Å². The van der Waals surface area contributed by atoms with Crippen molar-refractivity contribution in [2.45, 2.75) is 52.6 Å². The van der Waals surface area contributed by atoms with Gasteiger partial charge in [0.1, 0.15) is 11.5 Å². The number of ether oxygens (including phenoxy) is 1. The number of halogens is 1. The smallest absolute Gasteiger partial charge is 0.237 e. The maximum absolute atomic E-state index is 13.2. The standard InChI is InChI=1S/C29H32ClN3O3/c1-17-13-18(2)24(19(3)14-17)16-26(31)29(35)32-27-11-12-33(20(4)34)28-10-9-23(15-25(27)28)36-22-7-5-21(30)6-8-22/h5-10,13-15,26-27H,11-12,16,31H2,1-4H3,(H,32,35). The number of rotatable bonds is 6. The van der Waals surface area contributed by atoms with E-state index in [0.29, 0.717) is 35.9 Å². The molecule has 0 saturated carbocycles. The highest BCUT2D eigenvalue weighted by atomic mass is 35.5. The zero-order valence-corrected chi connectivity index (χ0v) is 21.9. The van der Waals surface area contributed by atoms with Gasteiger partial charge in [-0.15, -0.1) is 0 Å². The lowest BCUT2D eigenvalue weighted by Gasteiger charge is -2.35. The molecule has 2 amide bonds. The minimum Gasteiger partial charge on any atom is -0.457 e. The molecule has 1 aliphatic heterocycles. The monoisotopic (exact) mass is 505 g/mol. The molecule has 2 atom stereocenters. The molecule has 0 aromatic heterocycles. The van der Waals surface area contributed by atoms with Gasteiger partial charge in [0.2, 0.25) is 11.8 Å². The number of nitrogens with one attached hydrogen (secondary N) is 1. The number of carbonyl (C=O) groups excluding carboxylic acids is 2. The molecule has 0 radical (unpaired) electrons. The van der Waals surface area contributed by atoms with Gasteiger partial charge in [-0.05, 0) is 92.8 Å². The molecule has 0 fully saturated rings. The van der Waals surface area contributed by atoms with Crippen LogP contribution in [0.25, 0.3) is 0 Å². The van der Waals surface area contributed by atoms with Gasteiger partial charge in [0.25, 0.3) is 0 Å². The quantitative estimate of drug-likeness (QED) is 0.460. The van der Waals surface area contributed by atoms with Gasteiger partial charge in [-0.1, -0.05) is 29.3 Å². The largest absolute Gasteiger partial charge is 0.457 e. The van der Waals surface area contributed by atoms with Crippen molar-refractivity contribution in [3.8, 4) is 11.5 Å². The molecule has 0 saturated heterocycles. The third kappa shape index (κ3) is 5.72. The summed E-state index contributed by atoms with van der Waals surface area (Å²) < 4.78 is 6.01. The number of nitrogens with two attached hydrogens (primary N) is 1. The molecule has 6 nitrogen and oxygen atoms in total. The van der Waals surface area contributed by atoms with Crippen LogP contribution in [0.4, 0.5) is 5.69 Å². The van der Waals surface area contributed by atoms with Crippen LogP contribution in [0.2, 0.25) is 5.02 Å². The van der Waals surface area contributed by atoms with Crippen molar-refractivity contribution in [2.24, 2.45) is 5.73 Å². The molecule has 0 aliphatic carbocycles. The zero-order chi connectivity index (χ0) is 26.0. The van der Waals surface area contributed by atoms with E-state index in [2.05, 4.69) is 38.2 Å². The Kier molecular flexibility index (Phi) is 7.67. The van der Waals surface area contributed by atoms with Crippen LogP contribution in [-0.2, 0) is 16.0 Å². The first-order chi connectivity index (χ1) is 17.1. The van der Waals surface area contributed by atoms with Crippen LogP contribution >= 0.6 is 11.6 Å². The van der Waals surface area contributed by atoms with Gasteiger partial charge < -0.3 is 20.7 Å². The number of fused-ring (bicyclic) bond motifs is 1. The first kappa shape index (κ1) is 25.7. The Morgan fingerprint density at radius 2 is 1.69 bits per heavy atom. The van der Waals surface area contributed by atoms with E-state index in [9.17, 15) is 9.59 Å². The van der Waals surface area contributed by atoms with Crippen LogP contribution in [0.3, 0.4) is 0 Å². The number of nitrogens with zero attached hydrogens (tertiary/aromatic N) is 1. The third-order valence-corrected chi connectivity index (χ3v) is 6.91. The number of carbonyl (C=O) groups is 2. The van der Waals surface area contributed by atoms with E-state index in [0.717, 1.165) is 27.9 Å². The Labute approximate surface area is 217 Å². The number of anilines is 1. The highest BCUT2D eigenvalue weighted by Gasteiger charge is 2.30. The lowest BCUT2D eigenvalue weighted by molar-refractivity contribution is -0.123. The molecule has 4 rings (SSSR count). The first-order valence-corrected chi connectivity index (χ1v) is 12.5. The predicted octanol–water partition coefficient (Wildman–Crippen LogP) is 5.54. The second kappa shape index (κ2) is 10.7. The van der Waals surface area contributed by atoms with Gasteiger partial charge in [-0.3, -0.25) is 9.59 Å². The van der Waals surface area contributed by atoms with Crippen molar-refractivity contribution >= 4 is 29.1 Å². The van der Waals surface area contributed by atoms with Crippen molar-refractivity contribution in [3.63, 3.8) is 0 Å². The van der Waals surface area contributed by atoms with Crippen LogP contribution in [0.5, 0.6) is 11.5 Å². The molecule has 1 heterocycles. The Morgan fingerprint density at radius 3 is 2.33 bits per heavy atom. The number of amides is 2. The van der Waals surface area contributed by atoms with E-state index in [1.54, 1.807) is 36.1 Å². The molecule has 3 N–H and O–H groups in total. The average molecular weight is 506 g/mol. The zero-order valence-electron chi connectivity index (χ0n) is 21.1. The van der Waals surface area contributed by atoms with Gasteiger partial charge in [0, 0.05) is 29.7 Å². The summed E-state index contributed by atoms with van der Waals surface area (Å²) in [5.74, 6) is 0.987. The Bertz CT molecular complexity index is 1270. The molecule has 188 valence electrons. The molecule has 0 bridgehead atoms. The Balaban J connectivity index is 1.56. The van der Waals surface area contributed by atoms with E-state index in [4.69, 9.17) is 22.1 Å². The summed E-state index contributed by atoms with van der Waals surface area (Å²) in [5.41, 5.74) is 12.5. The fraction of sp³-hybridized carbons (Fsp3) is 0.310. The Hall–Kier alpha value is -3.35. The minimum atomic E-state index is -0.687. The maximum Gasteiger partial charge on any atom is 0.237 e. The summed E-state index contributed by atoms with van der Waals surface area (Å²) in [5, 5.41) is 3.75. The number of hydrogen-bond acceptors (Lipinski definition) is 4. The van der Waals surface area contributed by atoms with E-state index in [1.165, 1.54) is 5.56 Å². The predicted molar refractivity (Wildman–Crippen MR) is 144 cm³/mol. The second-order valence-corrected chi connectivity index (χ2v) is 9.92. The summed E-state index contributed by atoms with van der Waals surface area (Å²) in [7, 11) is 0. The van der Waals surface area contributed by atoms with Crippen LogP contribution in [0, 0.1) is 20.8 Å². The molecular weight excluding hydrogens is 474 g/mol. The van der Waals surface area contributed by atoms with Crippen molar-refractivity contribution < 1.29 is 14.3 Å². The van der Waals surface area contributed by atoms with E-state index >= 15 is 0 Å². The summed E-state index contributed by atoms with van der Waals surface area (Å²) in [6.45, 7) is 8.22. The van der Waals surface area contributed by atoms with Crippen LogP contribution in [-0.4, -0.2) is 24.4 Å². The summed E-state index contributed by atoms with van der Waals surface area (Å²) in [6.07, 6.45) is 1.04. The van der Waals surface area contributed by atoms with Gasteiger partial charge in [0.05, 0.1) is 12.1 Å². The Morgan fingerprint density at radius 1 is 1.06 bits per heavy atom. The summed E-state index contributed by atoms with van der Waals surface area (Å²) >= 11 is 5.98. The number of aryl methyl sites for hydroxylation is 3. The van der Waals surface area contributed by atoms with Gasteiger partial charge in [-0.2, -0.15) is 0 Å². The lowest BCUT2D eigenvalue weighted by atomic mass is 9.93. The fourth-order valence-electron chi connectivity index (χ4n) is 4.89. The first-order valence-electron chi connectivity index (χ1n) is 12.1. The highest BCUT2D eigenvalue weighted by molar-refractivity contribution is 6.30. The minimum absolute atomic E-state index is 0.0468. The normalized spacial score (nSPS) is 15.7. The molecule has 3 aromatic carbocycles. The van der Waals surface area contributed by atoms with E-state index < -0.39 is 6.04 Å². The highest BCUT2D eigenvalue weighted by Crippen LogP contribution is 2.37. The van der Waals surface area contributed by atoms with Crippen LogP contribution < -0.4 is 20.7 Å². The van der Waals surface area contributed by atoms with E-state index in [-0.39, 0.29) is 17.9 Å². The second-order valence-electron chi connectivity index (χ2n) is 9.48. The average Bonchev–Trinajstić information content (AvgIpc) is 2.82. The fourth-order valence-corrected chi connectivity index (χ4v) is 5.02. The van der Waals surface area contributed by atoms with Crippen LogP contribution in [0.15, 0.2) is 54.6 Å². The molecule has 2 unspecified atom stereocenters.